The number of aryl methyl sites for hydroxylation is 1. The van der Waals surface area contributed by atoms with Crippen molar-refractivity contribution < 1.29 is 0 Å². The number of hydrogen-bond acceptors (Lipinski definition) is 1. The maximum absolute atomic E-state index is 4.11. The number of nitrogens with zero attached hydrogens (tertiary/aromatic N) is 2. The maximum atomic E-state index is 4.11. The molecule has 0 saturated carbocycles. The summed E-state index contributed by atoms with van der Waals surface area (Å²) in [5.74, 6) is 0. The molecule has 0 amide bonds. The van der Waals surface area contributed by atoms with Crippen LogP contribution in [0.15, 0.2) is 23.2 Å². The van der Waals surface area contributed by atoms with Gasteiger partial charge in [-0.2, -0.15) is 0 Å². The van der Waals surface area contributed by atoms with Crippen molar-refractivity contribution in [3.8, 4) is 0 Å². The molecular formula is C8H7N2. The summed E-state index contributed by atoms with van der Waals surface area (Å²) < 4.78 is 0. The van der Waals surface area contributed by atoms with Gasteiger partial charge >= 0.3 is 0 Å². The standard InChI is InChI=1S/C8H7N2/c1-6-3-2-4-7-8(6)10-5-9-7/h2-5H,1H3. The molecule has 1 aliphatic heterocycles. The monoisotopic (exact) mass is 131 g/mol. The summed E-state index contributed by atoms with van der Waals surface area (Å²) >= 11 is 0. The van der Waals surface area contributed by atoms with Gasteiger partial charge in [0, 0.05) is 0 Å². The molecule has 1 aliphatic rings. The Bertz CT molecular complexity index is 289. The molecule has 49 valence electrons. The molecule has 0 fully saturated rings. The van der Waals surface area contributed by atoms with Crippen LogP contribution >= 0.6 is 0 Å². The molecule has 2 rings (SSSR count). The van der Waals surface area contributed by atoms with Gasteiger partial charge in [-0.25, -0.2) is 10.3 Å². The first-order chi connectivity index (χ1) is 4.88. The smallest absolute Gasteiger partial charge is 0.116 e. The number of fused-ring (bicyclic) bond motifs is 1. The molecule has 2 nitrogen and oxygen atoms in total. The topological polar surface area (TPSA) is 26.5 Å². The van der Waals surface area contributed by atoms with E-state index in [1.54, 1.807) is 6.34 Å². The molecule has 0 N–H and O–H groups in total. The Kier molecular flexibility index (Phi) is 1.01. The van der Waals surface area contributed by atoms with Gasteiger partial charge in [-0.3, -0.25) is 0 Å². The lowest BCUT2D eigenvalue weighted by Gasteiger charge is -1.97. The lowest BCUT2D eigenvalue weighted by molar-refractivity contribution is 1.29. The summed E-state index contributed by atoms with van der Waals surface area (Å²) in [7, 11) is 0. The van der Waals surface area contributed by atoms with Crippen LogP contribution in [0.4, 0.5) is 11.4 Å². The fourth-order valence-electron chi connectivity index (χ4n) is 1.06. The summed E-state index contributed by atoms with van der Waals surface area (Å²) in [6, 6.07) is 6.00. The summed E-state index contributed by atoms with van der Waals surface area (Å²) in [4.78, 5) is 4.07. The van der Waals surface area contributed by atoms with E-state index in [1.807, 2.05) is 25.1 Å². The van der Waals surface area contributed by atoms with Gasteiger partial charge in [0.1, 0.15) is 6.34 Å². The average molecular weight is 131 g/mol. The van der Waals surface area contributed by atoms with E-state index in [0.29, 0.717) is 0 Å². The van der Waals surface area contributed by atoms with Crippen LogP contribution < -0.4 is 5.32 Å². The fraction of sp³-hybridized carbons (Fsp3) is 0.125. The molecule has 1 aromatic rings. The van der Waals surface area contributed by atoms with E-state index in [9.17, 15) is 0 Å². The van der Waals surface area contributed by atoms with Crippen LogP contribution in [0.3, 0.4) is 0 Å². The van der Waals surface area contributed by atoms with Crippen LogP contribution in [0.25, 0.3) is 0 Å². The van der Waals surface area contributed by atoms with E-state index in [2.05, 4.69) is 10.3 Å². The van der Waals surface area contributed by atoms with Crippen molar-refractivity contribution in [3.05, 3.63) is 23.8 Å². The molecule has 10 heavy (non-hydrogen) atoms. The molecule has 0 aliphatic carbocycles. The first-order valence-corrected chi connectivity index (χ1v) is 3.21. The number of hydrogen-bond donors (Lipinski definition) is 0. The SMILES string of the molecule is Cc1cccc2c1[N]C=N2. The Hall–Kier alpha value is -1.31. The van der Waals surface area contributed by atoms with Gasteiger partial charge in [-0.1, -0.05) is 12.1 Å². The van der Waals surface area contributed by atoms with Gasteiger partial charge in [0.15, 0.2) is 0 Å². The molecule has 0 spiro atoms. The second-order valence-electron chi connectivity index (χ2n) is 2.32. The van der Waals surface area contributed by atoms with Crippen LogP contribution in [0, 0.1) is 6.92 Å². The Balaban J connectivity index is 2.66. The zero-order valence-corrected chi connectivity index (χ0v) is 5.70. The molecule has 0 bridgehead atoms. The summed E-state index contributed by atoms with van der Waals surface area (Å²) in [5, 5.41) is 4.11. The molecule has 0 atom stereocenters. The molecule has 0 aromatic heterocycles. The normalized spacial score (nSPS) is 12.9. The summed E-state index contributed by atoms with van der Waals surface area (Å²) in [5.41, 5.74) is 3.19. The molecular weight excluding hydrogens is 124 g/mol. The Morgan fingerprint density at radius 2 is 2.20 bits per heavy atom. The summed E-state index contributed by atoms with van der Waals surface area (Å²) in [6.07, 6.45) is 1.59. The van der Waals surface area contributed by atoms with E-state index in [4.69, 9.17) is 0 Å². The van der Waals surface area contributed by atoms with Crippen molar-refractivity contribution in [2.75, 3.05) is 0 Å². The number of para-hydroxylation sites is 1. The quantitative estimate of drug-likeness (QED) is 0.514. The first-order valence-electron chi connectivity index (χ1n) is 3.21. The molecule has 1 aromatic carbocycles. The van der Waals surface area contributed by atoms with Gasteiger partial charge in [-0.05, 0) is 18.6 Å². The first kappa shape index (κ1) is 5.47. The van der Waals surface area contributed by atoms with Gasteiger partial charge in [0.2, 0.25) is 0 Å². The Morgan fingerprint density at radius 1 is 1.30 bits per heavy atom. The Morgan fingerprint density at radius 3 is 3.00 bits per heavy atom. The lowest BCUT2D eigenvalue weighted by Crippen LogP contribution is -1.87. The summed E-state index contributed by atoms with van der Waals surface area (Å²) in [6.45, 7) is 2.04. The fourth-order valence-corrected chi connectivity index (χ4v) is 1.06. The molecule has 2 heteroatoms. The zero-order chi connectivity index (χ0) is 6.97. The van der Waals surface area contributed by atoms with Crippen LogP contribution in [0.5, 0.6) is 0 Å². The van der Waals surface area contributed by atoms with E-state index in [1.165, 1.54) is 5.56 Å². The van der Waals surface area contributed by atoms with Crippen LogP contribution in [0.1, 0.15) is 5.56 Å². The highest BCUT2D eigenvalue weighted by Gasteiger charge is 2.07. The van der Waals surface area contributed by atoms with Crippen molar-refractivity contribution in [2.45, 2.75) is 6.92 Å². The van der Waals surface area contributed by atoms with Crippen molar-refractivity contribution in [1.29, 1.82) is 0 Å². The van der Waals surface area contributed by atoms with Gasteiger partial charge in [-0.15, -0.1) is 0 Å². The van der Waals surface area contributed by atoms with E-state index in [-0.39, 0.29) is 0 Å². The highest BCUT2D eigenvalue weighted by atomic mass is 15.0. The van der Waals surface area contributed by atoms with Crippen LogP contribution in [-0.2, 0) is 0 Å². The number of benzene rings is 1. The van der Waals surface area contributed by atoms with Crippen molar-refractivity contribution in [3.63, 3.8) is 0 Å². The maximum Gasteiger partial charge on any atom is 0.116 e. The predicted molar refractivity (Wildman–Crippen MR) is 41.1 cm³/mol. The largest absolute Gasteiger partial charge is 0.235 e. The third-order valence-corrected chi connectivity index (χ3v) is 1.60. The minimum absolute atomic E-state index is 0.986. The van der Waals surface area contributed by atoms with Crippen molar-refractivity contribution in [1.82, 2.24) is 5.32 Å². The van der Waals surface area contributed by atoms with Crippen LogP contribution in [-0.4, -0.2) is 6.34 Å². The number of aliphatic imine (C=N–C) groups is 1. The molecule has 0 unspecified atom stereocenters. The third kappa shape index (κ3) is 0.620. The second-order valence-corrected chi connectivity index (χ2v) is 2.32. The predicted octanol–water partition coefficient (Wildman–Crippen LogP) is 1.90. The van der Waals surface area contributed by atoms with E-state index >= 15 is 0 Å². The highest BCUT2D eigenvalue weighted by molar-refractivity contribution is 5.83. The zero-order valence-electron chi connectivity index (χ0n) is 5.70. The van der Waals surface area contributed by atoms with Crippen LogP contribution in [0.2, 0.25) is 0 Å². The number of rotatable bonds is 0. The molecule has 1 radical (unpaired) electrons. The van der Waals surface area contributed by atoms with Gasteiger partial charge < -0.3 is 0 Å². The van der Waals surface area contributed by atoms with Crippen molar-refractivity contribution in [2.24, 2.45) is 4.99 Å². The molecule has 1 heterocycles. The minimum atomic E-state index is 0.986. The second kappa shape index (κ2) is 1.84. The molecule has 0 saturated heterocycles. The third-order valence-electron chi connectivity index (χ3n) is 1.60. The highest BCUT2D eigenvalue weighted by Crippen LogP contribution is 2.30. The van der Waals surface area contributed by atoms with Crippen molar-refractivity contribution >= 4 is 17.7 Å². The Labute approximate surface area is 59.6 Å². The minimum Gasteiger partial charge on any atom is -0.235 e. The van der Waals surface area contributed by atoms with E-state index < -0.39 is 0 Å². The van der Waals surface area contributed by atoms with E-state index in [0.717, 1.165) is 11.4 Å². The van der Waals surface area contributed by atoms with Gasteiger partial charge in [0.05, 0.1) is 11.4 Å². The average Bonchev–Trinajstić information content (AvgIpc) is 2.36. The van der Waals surface area contributed by atoms with Gasteiger partial charge in [0.25, 0.3) is 0 Å². The lowest BCUT2D eigenvalue weighted by atomic mass is 10.2.